The summed E-state index contributed by atoms with van der Waals surface area (Å²) < 4.78 is 11.9. The van der Waals surface area contributed by atoms with Gasteiger partial charge in [0, 0.05) is 34.1 Å². The van der Waals surface area contributed by atoms with Crippen molar-refractivity contribution in [2.75, 3.05) is 19.5 Å². The summed E-state index contributed by atoms with van der Waals surface area (Å²) in [6, 6.07) is 14.6. The van der Waals surface area contributed by atoms with Crippen molar-refractivity contribution in [1.82, 2.24) is 4.98 Å². The van der Waals surface area contributed by atoms with E-state index in [1.165, 1.54) is 5.56 Å². The summed E-state index contributed by atoms with van der Waals surface area (Å²) in [5.74, 6) is 1.66. The van der Waals surface area contributed by atoms with Gasteiger partial charge in [0.2, 0.25) is 0 Å². The van der Waals surface area contributed by atoms with Crippen LogP contribution in [-0.2, 0) is 0 Å². The van der Waals surface area contributed by atoms with Gasteiger partial charge in [-0.3, -0.25) is 4.98 Å². The zero-order valence-electron chi connectivity index (χ0n) is 15.0. The Balaban J connectivity index is 1.71. The van der Waals surface area contributed by atoms with Gasteiger partial charge in [-0.15, -0.1) is 0 Å². The second-order valence-corrected chi connectivity index (χ2v) is 7.45. The van der Waals surface area contributed by atoms with Gasteiger partial charge in [-0.25, -0.2) is 0 Å². The molecule has 0 unspecified atom stereocenters. The molecule has 3 aromatic rings. The van der Waals surface area contributed by atoms with Crippen LogP contribution in [0.4, 0.5) is 5.69 Å². The number of rotatable bonds is 5. The molecule has 27 heavy (non-hydrogen) atoms. The lowest BCUT2D eigenvalue weighted by atomic mass is 10.1. The van der Waals surface area contributed by atoms with Crippen molar-refractivity contribution in [1.29, 1.82) is 5.26 Å². The molecule has 4 rings (SSSR count). The zero-order valence-corrected chi connectivity index (χ0v) is 16.6. The Morgan fingerprint density at radius 2 is 1.96 bits per heavy atom. The molecular formula is C21H18BrN3O2. The summed E-state index contributed by atoms with van der Waals surface area (Å²) >= 11 is 3.53. The first kappa shape index (κ1) is 17.6. The van der Waals surface area contributed by atoms with Crippen molar-refractivity contribution in [2.45, 2.75) is 18.4 Å². The normalized spacial score (nSPS) is 18.0. The van der Waals surface area contributed by atoms with Crippen molar-refractivity contribution in [2.24, 2.45) is 0 Å². The van der Waals surface area contributed by atoms with E-state index < -0.39 is 0 Å². The molecule has 1 saturated carbocycles. The Morgan fingerprint density at radius 3 is 2.67 bits per heavy atom. The minimum Gasteiger partial charge on any atom is -0.493 e. The molecule has 1 aliphatic carbocycles. The quantitative estimate of drug-likeness (QED) is 0.634. The number of nitrogens with one attached hydrogen (secondary N) is 1. The van der Waals surface area contributed by atoms with Gasteiger partial charge in [-0.1, -0.05) is 28.1 Å². The molecule has 0 radical (unpaired) electrons. The van der Waals surface area contributed by atoms with Crippen LogP contribution in [0.5, 0.6) is 11.5 Å². The number of anilines is 1. The van der Waals surface area contributed by atoms with Gasteiger partial charge in [0.05, 0.1) is 31.0 Å². The molecule has 2 aromatic carbocycles. The van der Waals surface area contributed by atoms with E-state index in [0.29, 0.717) is 23.0 Å². The maximum atomic E-state index is 9.57. The average Bonchev–Trinajstić information content (AvgIpc) is 3.46. The first-order chi connectivity index (χ1) is 13.1. The highest BCUT2D eigenvalue weighted by Crippen LogP contribution is 2.45. The number of nitriles is 1. The van der Waals surface area contributed by atoms with Crippen LogP contribution in [0, 0.1) is 11.3 Å². The second-order valence-electron chi connectivity index (χ2n) is 6.53. The Bertz CT molecular complexity index is 1060. The molecule has 0 aliphatic heterocycles. The SMILES string of the molecule is COc1cc2ncc(C#N)c(N[C@@H]3C[C@H]3c3cccc(Br)c3)c2cc1OC. The van der Waals surface area contributed by atoms with Crippen molar-refractivity contribution < 1.29 is 9.47 Å². The largest absolute Gasteiger partial charge is 0.493 e. The monoisotopic (exact) mass is 423 g/mol. The molecule has 0 bridgehead atoms. The van der Waals surface area contributed by atoms with Gasteiger partial charge >= 0.3 is 0 Å². The Hall–Kier alpha value is -2.78. The average molecular weight is 424 g/mol. The summed E-state index contributed by atoms with van der Waals surface area (Å²) in [7, 11) is 3.20. The summed E-state index contributed by atoms with van der Waals surface area (Å²) in [5, 5.41) is 14.0. The predicted molar refractivity (Wildman–Crippen MR) is 108 cm³/mol. The number of pyridine rings is 1. The molecule has 0 saturated heterocycles. The number of hydrogen-bond acceptors (Lipinski definition) is 5. The number of aromatic nitrogens is 1. The van der Waals surface area contributed by atoms with Crippen LogP contribution in [0.15, 0.2) is 47.1 Å². The smallest absolute Gasteiger partial charge is 0.162 e. The number of hydrogen-bond donors (Lipinski definition) is 1. The van der Waals surface area contributed by atoms with E-state index in [4.69, 9.17) is 9.47 Å². The predicted octanol–water partition coefficient (Wildman–Crippen LogP) is 4.85. The van der Waals surface area contributed by atoms with Gasteiger partial charge in [-0.2, -0.15) is 5.26 Å². The Kier molecular flexibility index (Phi) is 4.63. The van der Waals surface area contributed by atoms with Crippen LogP contribution in [-0.4, -0.2) is 25.2 Å². The lowest BCUT2D eigenvalue weighted by Gasteiger charge is -2.14. The van der Waals surface area contributed by atoms with Crippen LogP contribution in [0.3, 0.4) is 0 Å². The van der Waals surface area contributed by atoms with Crippen LogP contribution in [0.25, 0.3) is 10.9 Å². The number of halogens is 1. The lowest BCUT2D eigenvalue weighted by molar-refractivity contribution is 0.356. The van der Waals surface area contributed by atoms with E-state index in [1.807, 2.05) is 18.2 Å². The summed E-state index contributed by atoms with van der Waals surface area (Å²) in [5.41, 5.74) is 3.37. The molecule has 6 heteroatoms. The molecule has 1 fully saturated rings. The zero-order chi connectivity index (χ0) is 19.0. The molecule has 1 N–H and O–H groups in total. The van der Waals surface area contributed by atoms with Crippen molar-refractivity contribution >= 4 is 32.5 Å². The molecule has 1 heterocycles. The first-order valence-electron chi connectivity index (χ1n) is 8.61. The van der Waals surface area contributed by atoms with Crippen LogP contribution in [0.1, 0.15) is 23.5 Å². The molecule has 0 spiro atoms. The second kappa shape index (κ2) is 7.09. The highest BCUT2D eigenvalue weighted by molar-refractivity contribution is 9.10. The third-order valence-corrected chi connectivity index (χ3v) is 5.38. The van der Waals surface area contributed by atoms with Crippen molar-refractivity contribution in [3.63, 3.8) is 0 Å². The highest BCUT2D eigenvalue weighted by Gasteiger charge is 2.39. The molecule has 2 atom stereocenters. The summed E-state index contributed by atoms with van der Waals surface area (Å²) in [6.07, 6.45) is 2.63. The van der Waals surface area contributed by atoms with Crippen LogP contribution >= 0.6 is 15.9 Å². The Labute approximate surface area is 166 Å². The maximum absolute atomic E-state index is 9.57. The van der Waals surface area contributed by atoms with Crippen molar-refractivity contribution in [3.05, 3.63) is 58.2 Å². The van der Waals surface area contributed by atoms with E-state index >= 15 is 0 Å². The van der Waals surface area contributed by atoms with Crippen LogP contribution < -0.4 is 14.8 Å². The fourth-order valence-corrected chi connectivity index (χ4v) is 3.82. The number of nitrogens with zero attached hydrogens (tertiary/aromatic N) is 2. The third kappa shape index (κ3) is 3.31. The minimum absolute atomic E-state index is 0.282. The number of methoxy groups -OCH3 is 2. The molecule has 1 aromatic heterocycles. The molecule has 1 aliphatic rings. The minimum atomic E-state index is 0.282. The van der Waals surface area contributed by atoms with E-state index in [1.54, 1.807) is 20.4 Å². The van der Waals surface area contributed by atoms with E-state index in [-0.39, 0.29) is 6.04 Å². The van der Waals surface area contributed by atoms with Crippen molar-refractivity contribution in [3.8, 4) is 17.6 Å². The summed E-state index contributed by atoms with van der Waals surface area (Å²) in [6.45, 7) is 0. The van der Waals surface area contributed by atoms with Gasteiger partial charge in [0.1, 0.15) is 6.07 Å². The first-order valence-corrected chi connectivity index (χ1v) is 9.40. The fraction of sp³-hybridized carbons (Fsp3) is 0.238. The maximum Gasteiger partial charge on any atom is 0.162 e. The van der Waals surface area contributed by atoms with Gasteiger partial charge in [0.15, 0.2) is 11.5 Å². The fourth-order valence-electron chi connectivity index (χ4n) is 3.40. The van der Waals surface area contributed by atoms with Gasteiger partial charge in [-0.05, 0) is 30.2 Å². The van der Waals surface area contributed by atoms with E-state index in [0.717, 1.165) is 27.5 Å². The number of benzene rings is 2. The molecule has 136 valence electrons. The number of ether oxygens (including phenoxy) is 2. The molecule has 5 nitrogen and oxygen atoms in total. The number of fused-ring (bicyclic) bond motifs is 1. The molecule has 0 amide bonds. The molecular weight excluding hydrogens is 406 g/mol. The lowest BCUT2D eigenvalue weighted by Crippen LogP contribution is -2.07. The van der Waals surface area contributed by atoms with E-state index in [9.17, 15) is 5.26 Å². The van der Waals surface area contributed by atoms with Crippen LogP contribution in [0.2, 0.25) is 0 Å². The highest BCUT2D eigenvalue weighted by atomic mass is 79.9. The Morgan fingerprint density at radius 1 is 1.19 bits per heavy atom. The summed E-state index contributed by atoms with van der Waals surface area (Å²) in [4.78, 5) is 4.41. The standard InChI is InChI=1S/C21H18BrN3O2/c1-26-19-8-16-17(9-20(19)27-2)24-11-13(10-23)21(16)25-18-7-15(18)12-4-3-5-14(22)6-12/h3-6,8-9,11,15,18H,7H2,1-2H3,(H,24,25)/t15-,18+/m0/s1. The van der Waals surface area contributed by atoms with E-state index in [2.05, 4.69) is 50.5 Å². The van der Waals surface area contributed by atoms with Gasteiger partial charge < -0.3 is 14.8 Å². The third-order valence-electron chi connectivity index (χ3n) is 4.89. The van der Waals surface area contributed by atoms with Gasteiger partial charge in [0.25, 0.3) is 0 Å². The topological polar surface area (TPSA) is 67.2 Å².